The van der Waals surface area contributed by atoms with Crippen molar-refractivity contribution in [3.8, 4) is 17.2 Å². The molecule has 2 aromatic rings. The number of methoxy groups -OCH3 is 1. The van der Waals surface area contributed by atoms with Gasteiger partial charge < -0.3 is 19.5 Å². The first-order chi connectivity index (χ1) is 12.1. The second kappa shape index (κ2) is 9.32. The van der Waals surface area contributed by atoms with Gasteiger partial charge in [-0.05, 0) is 42.8 Å². The molecule has 0 atom stereocenters. The van der Waals surface area contributed by atoms with E-state index in [9.17, 15) is 9.59 Å². The van der Waals surface area contributed by atoms with Crippen molar-refractivity contribution in [2.75, 3.05) is 26.9 Å². The Kier molecular flexibility index (Phi) is 6.83. The predicted molar refractivity (Wildman–Crippen MR) is 93.6 cm³/mol. The van der Waals surface area contributed by atoms with Gasteiger partial charge in [0.25, 0.3) is 5.91 Å². The fourth-order valence-electron chi connectivity index (χ4n) is 2.14. The maximum absolute atomic E-state index is 11.8. The average Bonchev–Trinajstić information content (AvgIpc) is 2.63. The van der Waals surface area contributed by atoms with E-state index in [0.717, 1.165) is 11.3 Å². The molecule has 2 aromatic carbocycles. The average molecular weight is 343 g/mol. The van der Waals surface area contributed by atoms with E-state index in [1.54, 1.807) is 18.2 Å². The molecule has 0 saturated carbocycles. The molecule has 0 unspecified atom stereocenters. The number of carbonyl (C=O) groups is 2. The highest BCUT2D eigenvalue weighted by Crippen LogP contribution is 2.27. The molecule has 6 nitrogen and oxygen atoms in total. The third-order valence-corrected chi connectivity index (χ3v) is 3.37. The lowest BCUT2D eigenvalue weighted by molar-refractivity contribution is -0.123. The van der Waals surface area contributed by atoms with Crippen LogP contribution in [-0.2, 0) is 4.79 Å². The number of nitrogens with one attached hydrogen (secondary N) is 1. The summed E-state index contributed by atoms with van der Waals surface area (Å²) in [5.74, 6) is 1.30. The summed E-state index contributed by atoms with van der Waals surface area (Å²) in [6.07, 6.45) is 0.716. The Morgan fingerprint density at radius 2 is 1.96 bits per heavy atom. The van der Waals surface area contributed by atoms with Gasteiger partial charge in [0, 0.05) is 5.56 Å². The van der Waals surface area contributed by atoms with E-state index in [-0.39, 0.29) is 12.5 Å². The first-order valence-electron chi connectivity index (χ1n) is 7.84. The van der Waals surface area contributed by atoms with Crippen LogP contribution in [-0.4, -0.2) is 39.1 Å². The zero-order chi connectivity index (χ0) is 18.1. The molecule has 0 heterocycles. The summed E-state index contributed by atoms with van der Waals surface area (Å²) >= 11 is 0. The summed E-state index contributed by atoms with van der Waals surface area (Å²) in [4.78, 5) is 22.6. The van der Waals surface area contributed by atoms with Crippen molar-refractivity contribution in [2.45, 2.75) is 6.92 Å². The van der Waals surface area contributed by atoms with Crippen LogP contribution in [0.5, 0.6) is 17.2 Å². The minimum Gasteiger partial charge on any atom is -0.493 e. The first kappa shape index (κ1) is 18.3. The molecule has 1 N–H and O–H groups in total. The summed E-state index contributed by atoms with van der Waals surface area (Å²) in [6.45, 7) is 2.58. The van der Waals surface area contributed by atoms with Gasteiger partial charge in [0.2, 0.25) is 0 Å². The molecule has 0 aliphatic rings. The van der Waals surface area contributed by atoms with Gasteiger partial charge in [-0.1, -0.05) is 12.1 Å². The molecule has 0 fully saturated rings. The molecule has 0 aliphatic heterocycles. The Morgan fingerprint density at radius 3 is 2.68 bits per heavy atom. The smallest absolute Gasteiger partial charge is 0.258 e. The minimum atomic E-state index is -0.269. The van der Waals surface area contributed by atoms with Crippen LogP contribution in [0, 0.1) is 6.92 Å². The van der Waals surface area contributed by atoms with Gasteiger partial charge in [0.1, 0.15) is 18.6 Å². The standard InChI is InChI=1S/C19H21NO5/c1-14-4-3-5-16(10-14)24-9-8-20-19(22)13-25-17-7-6-15(12-21)11-18(17)23-2/h3-7,10-12H,8-9,13H2,1-2H3,(H,20,22). The second-order valence-electron chi connectivity index (χ2n) is 5.33. The van der Waals surface area contributed by atoms with Crippen molar-refractivity contribution < 1.29 is 23.8 Å². The molecular weight excluding hydrogens is 322 g/mol. The fourth-order valence-corrected chi connectivity index (χ4v) is 2.14. The number of rotatable bonds is 9. The van der Waals surface area contributed by atoms with E-state index in [1.165, 1.54) is 7.11 Å². The zero-order valence-corrected chi connectivity index (χ0v) is 14.3. The second-order valence-corrected chi connectivity index (χ2v) is 5.33. The number of hydrogen-bond donors (Lipinski definition) is 1. The Hall–Kier alpha value is -3.02. The quantitative estimate of drug-likeness (QED) is 0.559. The molecule has 25 heavy (non-hydrogen) atoms. The highest BCUT2D eigenvalue weighted by atomic mass is 16.5. The SMILES string of the molecule is COc1cc(C=O)ccc1OCC(=O)NCCOc1cccc(C)c1. The molecule has 0 aliphatic carbocycles. The normalized spacial score (nSPS) is 10.0. The summed E-state index contributed by atoms with van der Waals surface area (Å²) in [5, 5.41) is 2.71. The van der Waals surface area contributed by atoms with Gasteiger partial charge in [-0.2, -0.15) is 0 Å². The van der Waals surface area contributed by atoms with Gasteiger partial charge in [-0.15, -0.1) is 0 Å². The topological polar surface area (TPSA) is 73.9 Å². The van der Waals surface area contributed by atoms with Crippen LogP contribution in [0.15, 0.2) is 42.5 Å². The Labute approximate surface area is 146 Å². The van der Waals surface area contributed by atoms with Crippen LogP contribution in [0.25, 0.3) is 0 Å². The van der Waals surface area contributed by atoms with Crippen LogP contribution in [0.3, 0.4) is 0 Å². The van der Waals surface area contributed by atoms with Crippen LogP contribution in [0.1, 0.15) is 15.9 Å². The van der Waals surface area contributed by atoms with Crippen molar-refractivity contribution in [3.63, 3.8) is 0 Å². The lowest BCUT2D eigenvalue weighted by atomic mass is 10.2. The molecule has 1 amide bonds. The van der Waals surface area contributed by atoms with Gasteiger partial charge in [-0.25, -0.2) is 0 Å². The van der Waals surface area contributed by atoms with Gasteiger partial charge in [0.15, 0.2) is 18.1 Å². The first-order valence-corrected chi connectivity index (χ1v) is 7.84. The molecule has 0 saturated heterocycles. The number of amides is 1. The van der Waals surface area contributed by atoms with Crippen LogP contribution in [0.2, 0.25) is 0 Å². The van der Waals surface area contributed by atoms with Crippen LogP contribution in [0.4, 0.5) is 0 Å². The minimum absolute atomic E-state index is 0.152. The maximum atomic E-state index is 11.8. The van der Waals surface area contributed by atoms with Crippen molar-refractivity contribution in [1.82, 2.24) is 5.32 Å². The molecule has 0 spiro atoms. The summed E-state index contributed by atoms with van der Waals surface area (Å²) < 4.78 is 16.1. The lowest BCUT2D eigenvalue weighted by Crippen LogP contribution is -2.32. The Balaban J connectivity index is 1.73. The number of carbonyl (C=O) groups excluding carboxylic acids is 2. The van der Waals surface area contributed by atoms with Crippen molar-refractivity contribution in [1.29, 1.82) is 0 Å². The number of benzene rings is 2. The number of aldehydes is 1. The van der Waals surface area contributed by atoms with E-state index < -0.39 is 0 Å². The lowest BCUT2D eigenvalue weighted by Gasteiger charge is -2.11. The molecule has 0 aromatic heterocycles. The van der Waals surface area contributed by atoms with E-state index in [4.69, 9.17) is 14.2 Å². The Bertz CT molecular complexity index is 730. The molecule has 132 valence electrons. The number of aryl methyl sites for hydroxylation is 1. The predicted octanol–water partition coefficient (Wildman–Crippen LogP) is 2.39. The van der Waals surface area contributed by atoms with E-state index in [0.29, 0.717) is 36.5 Å². The third kappa shape index (κ3) is 5.84. The van der Waals surface area contributed by atoms with Crippen molar-refractivity contribution in [2.24, 2.45) is 0 Å². The summed E-state index contributed by atoms with van der Waals surface area (Å²) in [5.41, 5.74) is 1.59. The van der Waals surface area contributed by atoms with Crippen molar-refractivity contribution in [3.05, 3.63) is 53.6 Å². The molecular formula is C19H21NO5. The summed E-state index contributed by atoms with van der Waals surface area (Å²) in [6, 6.07) is 12.4. The van der Waals surface area contributed by atoms with Gasteiger partial charge in [-0.3, -0.25) is 9.59 Å². The highest BCUT2D eigenvalue weighted by molar-refractivity contribution is 5.78. The molecule has 0 radical (unpaired) electrons. The zero-order valence-electron chi connectivity index (χ0n) is 14.3. The molecule has 2 rings (SSSR count). The Morgan fingerprint density at radius 1 is 1.12 bits per heavy atom. The van der Waals surface area contributed by atoms with E-state index in [2.05, 4.69) is 5.32 Å². The number of hydrogen-bond acceptors (Lipinski definition) is 5. The van der Waals surface area contributed by atoms with Crippen molar-refractivity contribution >= 4 is 12.2 Å². The molecule has 6 heteroatoms. The highest BCUT2D eigenvalue weighted by Gasteiger charge is 2.08. The number of ether oxygens (including phenoxy) is 3. The molecule has 0 bridgehead atoms. The fraction of sp³-hybridized carbons (Fsp3) is 0.263. The monoisotopic (exact) mass is 343 g/mol. The van der Waals surface area contributed by atoms with Gasteiger partial charge >= 0.3 is 0 Å². The van der Waals surface area contributed by atoms with E-state index in [1.807, 2.05) is 31.2 Å². The van der Waals surface area contributed by atoms with Crippen LogP contribution >= 0.6 is 0 Å². The largest absolute Gasteiger partial charge is 0.493 e. The third-order valence-electron chi connectivity index (χ3n) is 3.37. The maximum Gasteiger partial charge on any atom is 0.258 e. The van der Waals surface area contributed by atoms with E-state index >= 15 is 0 Å². The van der Waals surface area contributed by atoms with Gasteiger partial charge in [0.05, 0.1) is 13.7 Å². The van der Waals surface area contributed by atoms with Crippen LogP contribution < -0.4 is 19.5 Å². The summed E-state index contributed by atoms with van der Waals surface area (Å²) in [7, 11) is 1.47.